The fourth-order valence-corrected chi connectivity index (χ4v) is 4.35. The summed E-state index contributed by atoms with van der Waals surface area (Å²) < 4.78 is 1.99. The standard InChI is InChI=1S/C24H29N5OS/c1-27-11-13-28(14-12-27)18-20-6-3-5-19(15-20)17-26-23(30)21-7-4-8-22(16-21)29-10-9-25-24(29)31-2/h3-10,15-16H,11-14,17-18H2,1-2H3,(H,26,30). The molecule has 0 atom stereocenters. The zero-order valence-corrected chi connectivity index (χ0v) is 18.9. The van der Waals surface area contributed by atoms with E-state index in [1.165, 1.54) is 5.56 Å². The quantitative estimate of drug-likeness (QED) is 0.578. The van der Waals surface area contributed by atoms with Gasteiger partial charge in [-0.2, -0.15) is 0 Å². The number of aromatic nitrogens is 2. The summed E-state index contributed by atoms with van der Waals surface area (Å²) in [5.74, 6) is -0.0721. The first-order valence-electron chi connectivity index (χ1n) is 10.6. The molecule has 31 heavy (non-hydrogen) atoms. The predicted molar refractivity (Wildman–Crippen MR) is 126 cm³/mol. The van der Waals surface area contributed by atoms with Crippen molar-refractivity contribution in [2.75, 3.05) is 39.5 Å². The van der Waals surface area contributed by atoms with E-state index in [1.54, 1.807) is 18.0 Å². The van der Waals surface area contributed by atoms with E-state index in [0.29, 0.717) is 12.1 Å². The predicted octanol–water partition coefficient (Wildman–Crippen LogP) is 3.27. The second kappa shape index (κ2) is 10.1. The summed E-state index contributed by atoms with van der Waals surface area (Å²) in [4.78, 5) is 22.0. The molecule has 1 amide bonds. The van der Waals surface area contributed by atoms with E-state index in [0.717, 1.165) is 49.1 Å². The van der Waals surface area contributed by atoms with Crippen LogP contribution < -0.4 is 5.32 Å². The van der Waals surface area contributed by atoms with Gasteiger partial charge in [0.1, 0.15) is 0 Å². The molecule has 1 aromatic heterocycles. The zero-order chi connectivity index (χ0) is 21.6. The van der Waals surface area contributed by atoms with Crippen molar-refractivity contribution >= 4 is 17.7 Å². The van der Waals surface area contributed by atoms with Crippen LogP contribution in [0.5, 0.6) is 0 Å². The summed E-state index contributed by atoms with van der Waals surface area (Å²) in [6.07, 6.45) is 5.68. The highest BCUT2D eigenvalue weighted by molar-refractivity contribution is 7.98. The Labute approximate surface area is 188 Å². The first-order chi connectivity index (χ1) is 15.1. The first-order valence-corrected chi connectivity index (χ1v) is 11.8. The lowest BCUT2D eigenvalue weighted by atomic mass is 10.1. The molecule has 0 radical (unpaired) electrons. The summed E-state index contributed by atoms with van der Waals surface area (Å²) >= 11 is 1.58. The second-order valence-electron chi connectivity index (χ2n) is 7.92. The number of likely N-dealkylation sites (N-methyl/N-ethyl adjacent to an activating group) is 1. The van der Waals surface area contributed by atoms with Gasteiger partial charge in [-0.1, -0.05) is 42.1 Å². The number of piperazine rings is 1. The molecule has 0 aliphatic carbocycles. The van der Waals surface area contributed by atoms with Gasteiger partial charge in [-0.25, -0.2) is 4.98 Å². The minimum Gasteiger partial charge on any atom is -0.348 e. The topological polar surface area (TPSA) is 53.4 Å². The number of thioether (sulfide) groups is 1. The lowest BCUT2D eigenvalue weighted by molar-refractivity contribution is 0.0951. The molecule has 0 bridgehead atoms. The van der Waals surface area contributed by atoms with Gasteiger partial charge in [-0.05, 0) is 42.6 Å². The summed E-state index contributed by atoms with van der Waals surface area (Å²) in [5.41, 5.74) is 3.99. The number of nitrogens with one attached hydrogen (secondary N) is 1. The maximum Gasteiger partial charge on any atom is 0.251 e. The van der Waals surface area contributed by atoms with E-state index >= 15 is 0 Å². The van der Waals surface area contributed by atoms with Gasteiger partial charge in [-0.15, -0.1) is 0 Å². The number of carbonyl (C=O) groups excluding carboxylic acids is 1. The number of carbonyl (C=O) groups is 1. The largest absolute Gasteiger partial charge is 0.348 e. The van der Waals surface area contributed by atoms with Gasteiger partial charge in [0.15, 0.2) is 5.16 Å². The van der Waals surface area contributed by atoms with Crippen molar-refractivity contribution in [3.63, 3.8) is 0 Å². The van der Waals surface area contributed by atoms with Crippen molar-refractivity contribution in [1.82, 2.24) is 24.7 Å². The fourth-order valence-electron chi connectivity index (χ4n) is 3.82. The summed E-state index contributed by atoms with van der Waals surface area (Å²) in [7, 11) is 2.17. The molecule has 4 rings (SSSR count). The monoisotopic (exact) mass is 435 g/mol. The molecule has 3 aromatic rings. The van der Waals surface area contributed by atoms with E-state index in [4.69, 9.17) is 0 Å². The van der Waals surface area contributed by atoms with Gasteiger partial charge in [0.2, 0.25) is 0 Å². The van der Waals surface area contributed by atoms with Gasteiger partial charge in [-0.3, -0.25) is 14.3 Å². The molecule has 1 N–H and O–H groups in total. The van der Waals surface area contributed by atoms with Gasteiger partial charge in [0.25, 0.3) is 5.91 Å². The van der Waals surface area contributed by atoms with Gasteiger partial charge < -0.3 is 10.2 Å². The normalized spacial score (nSPS) is 15.2. The maximum absolute atomic E-state index is 12.8. The summed E-state index contributed by atoms with van der Waals surface area (Å²) in [5, 5.41) is 3.96. The Balaban J connectivity index is 1.37. The SMILES string of the molecule is CSc1nccn1-c1cccc(C(=O)NCc2cccc(CN3CCN(C)CC3)c2)c1. The highest BCUT2D eigenvalue weighted by Crippen LogP contribution is 2.19. The van der Waals surface area contributed by atoms with E-state index in [1.807, 2.05) is 41.3 Å². The van der Waals surface area contributed by atoms with Crippen LogP contribution in [0.2, 0.25) is 0 Å². The van der Waals surface area contributed by atoms with Crippen LogP contribution in [0.1, 0.15) is 21.5 Å². The zero-order valence-electron chi connectivity index (χ0n) is 18.1. The van der Waals surface area contributed by atoms with Crippen LogP contribution in [-0.2, 0) is 13.1 Å². The number of benzene rings is 2. The third kappa shape index (κ3) is 5.55. The van der Waals surface area contributed by atoms with E-state index < -0.39 is 0 Å². The molecular weight excluding hydrogens is 406 g/mol. The Hall–Kier alpha value is -2.61. The van der Waals surface area contributed by atoms with Crippen LogP contribution in [0.3, 0.4) is 0 Å². The molecule has 1 fully saturated rings. The minimum absolute atomic E-state index is 0.0721. The van der Waals surface area contributed by atoms with Crippen molar-refractivity contribution < 1.29 is 4.79 Å². The molecule has 1 saturated heterocycles. The second-order valence-corrected chi connectivity index (χ2v) is 8.69. The molecular formula is C24H29N5OS. The van der Waals surface area contributed by atoms with E-state index in [-0.39, 0.29) is 5.91 Å². The fraction of sp³-hybridized carbons (Fsp3) is 0.333. The Morgan fingerprint density at radius 2 is 1.84 bits per heavy atom. The van der Waals surface area contributed by atoms with E-state index in [9.17, 15) is 4.79 Å². The van der Waals surface area contributed by atoms with Crippen molar-refractivity contribution in [2.45, 2.75) is 18.2 Å². The number of rotatable bonds is 7. The molecule has 7 heteroatoms. The van der Waals surface area contributed by atoms with Crippen molar-refractivity contribution in [1.29, 1.82) is 0 Å². The number of hydrogen-bond donors (Lipinski definition) is 1. The highest BCUT2D eigenvalue weighted by Gasteiger charge is 2.14. The minimum atomic E-state index is -0.0721. The molecule has 6 nitrogen and oxygen atoms in total. The molecule has 162 valence electrons. The molecule has 0 saturated carbocycles. The van der Waals surface area contributed by atoms with Crippen LogP contribution in [0.25, 0.3) is 5.69 Å². The van der Waals surface area contributed by atoms with Crippen LogP contribution in [0.15, 0.2) is 66.1 Å². The van der Waals surface area contributed by atoms with Gasteiger partial charge in [0, 0.05) is 62.9 Å². The first kappa shape index (κ1) is 21.6. The lowest BCUT2D eigenvalue weighted by Gasteiger charge is -2.32. The maximum atomic E-state index is 12.8. The molecule has 2 aromatic carbocycles. The summed E-state index contributed by atoms with van der Waals surface area (Å²) in [6, 6.07) is 16.2. The van der Waals surface area contributed by atoms with Gasteiger partial charge in [0.05, 0.1) is 0 Å². The van der Waals surface area contributed by atoms with Crippen LogP contribution >= 0.6 is 11.8 Å². The number of imidazole rings is 1. The molecule has 0 unspecified atom stereocenters. The lowest BCUT2D eigenvalue weighted by Crippen LogP contribution is -2.43. The highest BCUT2D eigenvalue weighted by atomic mass is 32.2. The summed E-state index contributed by atoms with van der Waals surface area (Å²) in [6.45, 7) is 5.91. The Morgan fingerprint density at radius 1 is 1.06 bits per heavy atom. The molecule has 0 spiro atoms. The molecule has 2 heterocycles. The Kier molecular flexibility index (Phi) is 7.06. The molecule has 1 aliphatic heterocycles. The Morgan fingerprint density at radius 3 is 2.65 bits per heavy atom. The van der Waals surface area contributed by atoms with Crippen LogP contribution in [-0.4, -0.2) is 64.7 Å². The third-order valence-electron chi connectivity index (χ3n) is 5.62. The molecule has 1 aliphatic rings. The van der Waals surface area contributed by atoms with E-state index in [2.05, 4.69) is 51.4 Å². The Bertz CT molecular complexity index is 1030. The average Bonchev–Trinajstić information content (AvgIpc) is 3.28. The van der Waals surface area contributed by atoms with Crippen molar-refractivity contribution in [3.8, 4) is 5.69 Å². The smallest absolute Gasteiger partial charge is 0.251 e. The van der Waals surface area contributed by atoms with Crippen LogP contribution in [0, 0.1) is 0 Å². The average molecular weight is 436 g/mol. The number of hydrogen-bond acceptors (Lipinski definition) is 5. The van der Waals surface area contributed by atoms with Crippen molar-refractivity contribution in [2.24, 2.45) is 0 Å². The number of amides is 1. The van der Waals surface area contributed by atoms with Gasteiger partial charge >= 0.3 is 0 Å². The third-order valence-corrected chi connectivity index (χ3v) is 6.29. The van der Waals surface area contributed by atoms with Crippen molar-refractivity contribution in [3.05, 3.63) is 77.6 Å². The van der Waals surface area contributed by atoms with Crippen LogP contribution in [0.4, 0.5) is 0 Å². The number of nitrogens with zero attached hydrogens (tertiary/aromatic N) is 4.